The van der Waals surface area contributed by atoms with E-state index in [9.17, 15) is 0 Å². The highest BCUT2D eigenvalue weighted by Crippen LogP contribution is 2.30. The lowest BCUT2D eigenvalue weighted by atomic mass is 9.96. The van der Waals surface area contributed by atoms with Crippen LogP contribution < -0.4 is 5.73 Å². The molecular formula is C22H17N. The van der Waals surface area contributed by atoms with Crippen LogP contribution in [-0.2, 0) is 0 Å². The fourth-order valence-electron chi connectivity index (χ4n) is 3.10. The minimum absolute atomic E-state index is 0.789. The molecule has 0 radical (unpaired) electrons. The second-order valence-corrected chi connectivity index (χ2v) is 5.70. The Balaban J connectivity index is 1.94. The topological polar surface area (TPSA) is 26.0 Å². The van der Waals surface area contributed by atoms with Crippen LogP contribution in [0.2, 0.25) is 0 Å². The van der Waals surface area contributed by atoms with Crippen molar-refractivity contribution in [2.45, 2.75) is 0 Å². The Morgan fingerprint density at radius 1 is 0.609 bits per heavy atom. The summed E-state index contributed by atoms with van der Waals surface area (Å²) in [4.78, 5) is 0. The van der Waals surface area contributed by atoms with Gasteiger partial charge in [0.2, 0.25) is 0 Å². The summed E-state index contributed by atoms with van der Waals surface area (Å²) in [6.07, 6.45) is 2.03. The first-order valence-electron chi connectivity index (χ1n) is 7.76. The zero-order valence-corrected chi connectivity index (χ0v) is 12.7. The maximum absolute atomic E-state index is 6.40. The summed E-state index contributed by atoms with van der Waals surface area (Å²) in [5.74, 6) is 0. The number of hydrogen-bond acceptors (Lipinski definition) is 1. The number of benzene rings is 4. The summed E-state index contributed by atoms with van der Waals surface area (Å²) in [5.41, 5.74) is 9.38. The van der Waals surface area contributed by atoms with E-state index in [0.29, 0.717) is 0 Å². The van der Waals surface area contributed by atoms with E-state index in [4.69, 9.17) is 5.73 Å². The van der Waals surface area contributed by atoms with Crippen molar-refractivity contribution in [2.75, 3.05) is 0 Å². The fraction of sp³-hybridized carbons (Fsp3) is 0. The first-order chi connectivity index (χ1) is 11.3. The molecule has 0 saturated carbocycles. The zero-order chi connectivity index (χ0) is 15.6. The second-order valence-electron chi connectivity index (χ2n) is 5.70. The third kappa shape index (κ3) is 2.47. The standard InChI is InChI=1S/C22H17N/c23-22(15-16-7-2-1-3-8-16)21-12-6-11-19-18-10-5-4-9-17(18)13-14-20(19)21/h1-15H,23H2. The van der Waals surface area contributed by atoms with Gasteiger partial charge in [-0.1, -0.05) is 84.9 Å². The quantitative estimate of drug-likeness (QED) is 0.386. The van der Waals surface area contributed by atoms with Crippen LogP contribution in [-0.4, -0.2) is 0 Å². The van der Waals surface area contributed by atoms with Crippen molar-refractivity contribution in [2.24, 2.45) is 5.73 Å². The van der Waals surface area contributed by atoms with E-state index in [1.54, 1.807) is 0 Å². The highest BCUT2D eigenvalue weighted by atomic mass is 14.6. The first kappa shape index (κ1) is 13.6. The van der Waals surface area contributed by atoms with E-state index < -0.39 is 0 Å². The molecule has 0 aliphatic rings. The summed E-state index contributed by atoms with van der Waals surface area (Å²) < 4.78 is 0. The Morgan fingerprint density at radius 2 is 1.35 bits per heavy atom. The summed E-state index contributed by atoms with van der Waals surface area (Å²) in [6, 6.07) is 29.3. The highest BCUT2D eigenvalue weighted by molar-refractivity contribution is 6.11. The van der Waals surface area contributed by atoms with Gasteiger partial charge in [0.25, 0.3) is 0 Å². The van der Waals surface area contributed by atoms with E-state index in [-0.39, 0.29) is 0 Å². The molecule has 0 amide bonds. The highest BCUT2D eigenvalue weighted by Gasteiger charge is 2.06. The predicted octanol–water partition coefficient (Wildman–Crippen LogP) is 5.45. The van der Waals surface area contributed by atoms with Gasteiger partial charge in [-0.3, -0.25) is 0 Å². The molecule has 0 saturated heterocycles. The minimum atomic E-state index is 0.789. The zero-order valence-electron chi connectivity index (χ0n) is 12.7. The first-order valence-corrected chi connectivity index (χ1v) is 7.76. The van der Waals surface area contributed by atoms with Crippen LogP contribution in [0, 0.1) is 0 Å². The van der Waals surface area contributed by atoms with E-state index >= 15 is 0 Å². The van der Waals surface area contributed by atoms with Gasteiger partial charge in [-0.2, -0.15) is 0 Å². The van der Waals surface area contributed by atoms with Crippen molar-refractivity contribution in [3.8, 4) is 0 Å². The molecule has 0 fully saturated rings. The molecule has 0 spiro atoms. The molecule has 0 aliphatic carbocycles. The normalized spacial score (nSPS) is 11.9. The molecule has 0 bridgehead atoms. The molecule has 4 rings (SSSR count). The third-order valence-electron chi connectivity index (χ3n) is 4.22. The summed E-state index contributed by atoms with van der Waals surface area (Å²) in [6.45, 7) is 0. The van der Waals surface area contributed by atoms with Crippen LogP contribution in [0.5, 0.6) is 0 Å². The molecule has 4 aromatic carbocycles. The Morgan fingerprint density at radius 3 is 2.22 bits per heavy atom. The van der Waals surface area contributed by atoms with Gasteiger partial charge in [-0.15, -0.1) is 0 Å². The second kappa shape index (κ2) is 5.62. The maximum Gasteiger partial charge on any atom is 0.0399 e. The number of hydrogen-bond donors (Lipinski definition) is 1. The lowest BCUT2D eigenvalue weighted by Crippen LogP contribution is -1.97. The van der Waals surface area contributed by atoms with E-state index in [1.807, 2.05) is 24.3 Å². The van der Waals surface area contributed by atoms with Crippen LogP contribution in [0.15, 0.2) is 84.9 Å². The van der Waals surface area contributed by atoms with Crippen molar-refractivity contribution in [3.63, 3.8) is 0 Å². The molecule has 1 heteroatoms. The SMILES string of the molecule is NC(=Cc1ccccc1)c1cccc2c1ccc1ccccc12. The summed E-state index contributed by atoms with van der Waals surface area (Å²) in [5, 5.41) is 4.95. The molecule has 0 heterocycles. The van der Waals surface area contributed by atoms with Gasteiger partial charge >= 0.3 is 0 Å². The van der Waals surface area contributed by atoms with Crippen LogP contribution in [0.25, 0.3) is 33.3 Å². The van der Waals surface area contributed by atoms with E-state index in [2.05, 4.69) is 66.7 Å². The monoisotopic (exact) mass is 295 g/mol. The number of fused-ring (bicyclic) bond motifs is 3. The van der Waals surface area contributed by atoms with Crippen LogP contribution >= 0.6 is 0 Å². The molecule has 0 aliphatic heterocycles. The van der Waals surface area contributed by atoms with Crippen LogP contribution in [0.1, 0.15) is 11.1 Å². The molecule has 0 aromatic heterocycles. The molecule has 0 atom stereocenters. The van der Waals surface area contributed by atoms with Crippen molar-refractivity contribution in [1.29, 1.82) is 0 Å². The number of nitrogens with two attached hydrogens (primary N) is 1. The molecular weight excluding hydrogens is 278 g/mol. The molecule has 4 aromatic rings. The van der Waals surface area contributed by atoms with Crippen molar-refractivity contribution in [1.82, 2.24) is 0 Å². The average Bonchev–Trinajstić information content (AvgIpc) is 2.62. The molecule has 110 valence electrons. The minimum Gasteiger partial charge on any atom is -0.398 e. The van der Waals surface area contributed by atoms with Crippen molar-refractivity contribution < 1.29 is 0 Å². The van der Waals surface area contributed by atoms with Crippen molar-refractivity contribution >= 4 is 33.3 Å². The number of rotatable bonds is 2. The van der Waals surface area contributed by atoms with Gasteiger partial charge in [0.05, 0.1) is 0 Å². The third-order valence-corrected chi connectivity index (χ3v) is 4.22. The maximum atomic E-state index is 6.40. The Labute approximate surface area is 135 Å². The van der Waals surface area contributed by atoms with Crippen LogP contribution in [0.3, 0.4) is 0 Å². The summed E-state index contributed by atoms with van der Waals surface area (Å²) in [7, 11) is 0. The lowest BCUT2D eigenvalue weighted by Gasteiger charge is -2.10. The Kier molecular flexibility index (Phi) is 3.32. The Bertz CT molecular complexity index is 1010. The van der Waals surface area contributed by atoms with Gasteiger partial charge in [-0.25, -0.2) is 0 Å². The van der Waals surface area contributed by atoms with E-state index in [1.165, 1.54) is 21.5 Å². The van der Waals surface area contributed by atoms with Gasteiger partial charge in [-0.05, 0) is 33.2 Å². The predicted molar refractivity (Wildman–Crippen MR) is 100.0 cm³/mol. The van der Waals surface area contributed by atoms with Crippen LogP contribution in [0.4, 0.5) is 0 Å². The lowest BCUT2D eigenvalue weighted by molar-refractivity contribution is 1.56. The van der Waals surface area contributed by atoms with Gasteiger partial charge in [0.15, 0.2) is 0 Å². The largest absolute Gasteiger partial charge is 0.398 e. The van der Waals surface area contributed by atoms with Gasteiger partial charge in [0, 0.05) is 11.3 Å². The molecule has 23 heavy (non-hydrogen) atoms. The molecule has 0 unspecified atom stereocenters. The van der Waals surface area contributed by atoms with Gasteiger partial charge in [0.1, 0.15) is 0 Å². The van der Waals surface area contributed by atoms with Crippen molar-refractivity contribution in [3.05, 3.63) is 96.1 Å². The molecule has 2 N–H and O–H groups in total. The Hall–Kier alpha value is -3.06. The summed E-state index contributed by atoms with van der Waals surface area (Å²) >= 11 is 0. The van der Waals surface area contributed by atoms with E-state index in [0.717, 1.165) is 16.8 Å². The average molecular weight is 295 g/mol. The fourth-order valence-corrected chi connectivity index (χ4v) is 3.10. The van der Waals surface area contributed by atoms with Gasteiger partial charge < -0.3 is 5.73 Å². The smallest absolute Gasteiger partial charge is 0.0399 e. The molecule has 1 nitrogen and oxygen atoms in total.